The van der Waals surface area contributed by atoms with Gasteiger partial charge in [-0.15, -0.1) is 0 Å². The summed E-state index contributed by atoms with van der Waals surface area (Å²) in [5, 5.41) is 0. The first kappa shape index (κ1) is 9.82. The highest BCUT2D eigenvalue weighted by molar-refractivity contribution is 9.12. The second kappa shape index (κ2) is 4.68. The topological polar surface area (TPSA) is 26.3 Å². The lowest BCUT2D eigenvalue weighted by atomic mass is 10.1. The maximum absolute atomic E-state index is 11.0. The molecule has 0 amide bonds. The number of esters is 1. The number of carbonyl (C=O) groups is 1. The van der Waals surface area contributed by atoms with Crippen molar-refractivity contribution in [3.63, 3.8) is 0 Å². The highest BCUT2D eigenvalue weighted by atomic mass is 79.9. The standard InChI is InChI=1S/C10H7BrO2/c1-13-10(12)9-4-2-8(3-5-9)6-7-11/h2-5H,1H3. The molecule has 1 rings (SSSR count). The van der Waals surface area contributed by atoms with Crippen molar-refractivity contribution in [1.29, 1.82) is 0 Å². The number of rotatable bonds is 1. The van der Waals surface area contributed by atoms with Gasteiger partial charge in [0, 0.05) is 21.5 Å². The van der Waals surface area contributed by atoms with E-state index < -0.39 is 0 Å². The molecule has 0 aliphatic carbocycles. The van der Waals surface area contributed by atoms with Gasteiger partial charge in [0.05, 0.1) is 12.7 Å². The molecule has 0 aromatic heterocycles. The highest BCUT2D eigenvalue weighted by Crippen LogP contribution is 2.04. The Morgan fingerprint density at radius 3 is 2.46 bits per heavy atom. The average molecular weight is 239 g/mol. The normalized spacial score (nSPS) is 8.46. The molecule has 0 radical (unpaired) electrons. The molecule has 1 aromatic rings. The van der Waals surface area contributed by atoms with Gasteiger partial charge in [-0.1, -0.05) is 5.92 Å². The summed E-state index contributed by atoms with van der Waals surface area (Å²) in [6, 6.07) is 6.89. The number of ether oxygens (including phenoxy) is 1. The number of halogens is 1. The van der Waals surface area contributed by atoms with Crippen LogP contribution in [-0.2, 0) is 4.74 Å². The van der Waals surface area contributed by atoms with Crippen LogP contribution in [0.15, 0.2) is 24.3 Å². The van der Waals surface area contributed by atoms with Crippen molar-refractivity contribution in [2.24, 2.45) is 0 Å². The minimum Gasteiger partial charge on any atom is -0.465 e. The molecule has 0 atom stereocenters. The molecule has 0 aliphatic heterocycles. The lowest BCUT2D eigenvalue weighted by Gasteiger charge is -1.97. The number of hydrogen-bond acceptors (Lipinski definition) is 2. The predicted molar refractivity (Wildman–Crippen MR) is 53.6 cm³/mol. The maximum Gasteiger partial charge on any atom is 0.337 e. The van der Waals surface area contributed by atoms with Crippen LogP contribution in [0, 0.1) is 10.8 Å². The van der Waals surface area contributed by atoms with Crippen molar-refractivity contribution in [2.75, 3.05) is 7.11 Å². The highest BCUT2D eigenvalue weighted by Gasteiger charge is 2.02. The third-order valence-electron chi connectivity index (χ3n) is 1.50. The number of benzene rings is 1. The molecule has 13 heavy (non-hydrogen) atoms. The quantitative estimate of drug-likeness (QED) is 0.554. The van der Waals surface area contributed by atoms with E-state index in [2.05, 4.69) is 31.4 Å². The second-order valence-corrected chi connectivity index (χ2v) is 2.68. The fraction of sp³-hybridized carbons (Fsp3) is 0.100. The zero-order valence-electron chi connectivity index (χ0n) is 7.00. The Morgan fingerprint density at radius 2 is 2.00 bits per heavy atom. The van der Waals surface area contributed by atoms with Crippen molar-refractivity contribution in [3.05, 3.63) is 35.4 Å². The van der Waals surface area contributed by atoms with E-state index in [4.69, 9.17) is 0 Å². The molecule has 0 N–H and O–H groups in total. The Balaban J connectivity index is 2.91. The molecule has 0 spiro atoms. The van der Waals surface area contributed by atoms with Gasteiger partial charge in [-0.3, -0.25) is 0 Å². The third-order valence-corrected chi connectivity index (χ3v) is 1.70. The van der Waals surface area contributed by atoms with E-state index in [9.17, 15) is 4.79 Å². The minimum atomic E-state index is -0.335. The van der Waals surface area contributed by atoms with E-state index in [1.165, 1.54) is 7.11 Å². The van der Waals surface area contributed by atoms with Crippen molar-refractivity contribution in [3.8, 4) is 10.8 Å². The van der Waals surface area contributed by atoms with Gasteiger partial charge in [0.2, 0.25) is 0 Å². The molecule has 0 bridgehead atoms. The molecule has 0 aliphatic rings. The number of hydrogen-bond donors (Lipinski definition) is 0. The molecule has 0 saturated heterocycles. The van der Waals surface area contributed by atoms with Crippen molar-refractivity contribution in [2.45, 2.75) is 0 Å². The summed E-state index contributed by atoms with van der Waals surface area (Å²) in [5.41, 5.74) is 1.38. The van der Waals surface area contributed by atoms with E-state index in [-0.39, 0.29) is 5.97 Å². The van der Waals surface area contributed by atoms with Crippen molar-refractivity contribution in [1.82, 2.24) is 0 Å². The lowest BCUT2D eigenvalue weighted by molar-refractivity contribution is 0.0601. The molecule has 0 heterocycles. The van der Waals surface area contributed by atoms with Crippen LogP contribution in [0.3, 0.4) is 0 Å². The summed E-state index contributed by atoms with van der Waals surface area (Å²) >= 11 is 2.99. The van der Waals surface area contributed by atoms with Gasteiger partial charge in [0.1, 0.15) is 0 Å². The number of methoxy groups -OCH3 is 1. The molecule has 0 fully saturated rings. The third kappa shape index (κ3) is 2.60. The Hall–Kier alpha value is -1.27. The monoisotopic (exact) mass is 238 g/mol. The van der Waals surface area contributed by atoms with E-state index in [0.717, 1.165) is 5.56 Å². The molecule has 66 valence electrons. The molecule has 2 nitrogen and oxygen atoms in total. The molecular formula is C10H7BrO2. The predicted octanol–water partition coefficient (Wildman–Crippen LogP) is 2.18. The zero-order chi connectivity index (χ0) is 9.68. The fourth-order valence-electron chi connectivity index (χ4n) is 0.862. The molecule has 0 saturated carbocycles. The summed E-state index contributed by atoms with van der Waals surface area (Å²) < 4.78 is 4.55. The van der Waals surface area contributed by atoms with Crippen LogP contribution in [-0.4, -0.2) is 13.1 Å². The van der Waals surface area contributed by atoms with Gasteiger partial charge in [-0.2, -0.15) is 0 Å². The van der Waals surface area contributed by atoms with E-state index >= 15 is 0 Å². The summed E-state index contributed by atoms with van der Waals surface area (Å²) in [6.07, 6.45) is 0. The van der Waals surface area contributed by atoms with Crippen molar-refractivity contribution >= 4 is 21.9 Å². The SMILES string of the molecule is COC(=O)c1ccc(C#CBr)cc1. The second-order valence-electron chi connectivity index (χ2n) is 2.29. The molecule has 0 unspecified atom stereocenters. The van der Waals surface area contributed by atoms with Gasteiger partial charge in [0.15, 0.2) is 0 Å². The van der Waals surface area contributed by atoms with E-state index in [1.54, 1.807) is 24.3 Å². The Bertz CT molecular complexity index is 357. The molecular weight excluding hydrogens is 232 g/mol. The van der Waals surface area contributed by atoms with Gasteiger partial charge in [-0.05, 0) is 29.1 Å². The van der Waals surface area contributed by atoms with Crippen LogP contribution in [0.4, 0.5) is 0 Å². The summed E-state index contributed by atoms with van der Waals surface area (Å²) in [7, 11) is 1.36. The van der Waals surface area contributed by atoms with E-state index in [1.807, 2.05) is 0 Å². The Morgan fingerprint density at radius 1 is 1.38 bits per heavy atom. The van der Waals surface area contributed by atoms with Gasteiger partial charge >= 0.3 is 5.97 Å². The largest absolute Gasteiger partial charge is 0.465 e. The van der Waals surface area contributed by atoms with Crippen LogP contribution in [0.1, 0.15) is 15.9 Å². The maximum atomic E-state index is 11.0. The Labute approximate surface area is 85.0 Å². The first-order valence-electron chi connectivity index (χ1n) is 3.58. The molecule has 1 aromatic carbocycles. The van der Waals surface area contributed by atoms with Crippen LogP contribution < -0.4 is 0 Å². The lowest BCUT2D eigenvalue weighted by Crippen LogP contribution is -2.00. The Kier molecular flexibility index (Phi) is 3.53. The van der Waals surface area contributed by atoms with Crippen molar-refractivity contribution < 1.29 is 9.53 Å². The first-order valence-corrected chi connectivity index (χ1v) is 4.37. The van der Waals surface area contributed by atoms with Crippen LogP contribution in [0.25, 0.3) is 0 Å². The van der Waals surface area contributed by atoms with Gasteiger partial charge in [0.25, 0.3) is 0 Å². The number of carbonyl (C=O) groups excluding carboxylic acids is 1. The van der Waals surface area contributed by atoms with Gasteiger partial charge < -0.3 is 4.74 Å². The summed E-state index contributed by atoms with van der Waals surface area (Å²) in [5.74, 6) is 2.47. The average Bonchev–Trinajstić information content (AvgIpc) is 2.18. The smallest absolute Gasteiger partial charge is 0.337 e. The summed E-state index contributed by atoms with van der Waals surface area (Å²) in [6.45, 7) is 0. The van der Waals surface area contributed by atoms with E-state index in [0.29, 0.717) is 5.56 Å². The van der Waals surface area contributed by atoms with Crippen LogP contribution in [0.2, 0.25) is 0 Å². The first-order chi connectivity index (χ1) is 6.27. The fourth-order valence-corrected chi connectivity index (χ4v) is 1.09. The van der Waals surface area contributed by atoms with Crippen LogP contribution >= 0.6 is 15.9 Å². The minimum absolute atomic E-state index is 0.335. The molecule has 3 heteroatoms. The van der Waals surface area contributed by atoms with Gasteiger partial charge in [-0.25, -0.2) is 4.79 Å². The van der Waals surface area contributed by atoms with Crippen LogP contribution in [0.5, 0.6) is 0 Å². The summed E-state index contributed by atoms with van der Waals surface area (Å²) in [4.78, 5) is 13.6. The zero-order valence-corrected chi connectivity index (χ0v) is 8.59.